The molecule has 3 rings (SSSR count). The SMILES string of the molecule is COc1ccc(Br)cc1/C=N/NC(=O)c1ccn(Cc2ccc([N+](=O)[O-])cc2)n1. The minimum absolute atomic E-state index is 0.0224. The third-order valence-electron chi connectivity index (χ3n) is 3.93. The van der Waals surface area contributed by atoms with Gasteiger partial charge in [0.15, 0.2) is 5.69 Å². The number of hydrogen-bond donors (Lipinski definition) is 1. The summed E-state index contributed by atoms with van der Waals surface area (Å²) in [5.41, 5.74) is 4.17. The van der Waals surface area contributed by atoms with Gasteiger partial charge in [0.2, 0.25) is 0 Å². The molecule has 0 aliphatic rings. The number of hydrazone groups is 1. The van der Waals surface area contributed by atoms with Gasteiger partial charge in [-0.05, 0) is 29.8 Å². The van der Waals surface area contributed by atoms with Crippen LogP contribution in [0.15, 0.2) is 64.3 Å². The molecule has 1 amide bonds. The second kappa shape index (κ2) is 9.11. The molecule has 0 bridgehead atoms. The first-order chi connectivity index (χ1) is 14.0. The summed E-state index contributed by atoms with van der Waals surface area (Å²) in [6.07, 6.45) is 3.13. The molecular formula is C19H16BrN5O4. The van der Waals surface area contributed by atoms with Gasteiger partial charge < -0.3 is 4.74 Å². The summed E-state index contributed by atoms with van der Waals surface area (Å²) in [5, 5.41) is 18.9. The van der Waals surface area contributed by atoms with E-state index < -0.39 is 10.8 Å². The molecule has 2 aromatic carbocycles. The van der Waals surface area contributed by atoms with Gasteiger partial charge in [-0.25, -0.2) is 5.43 Å². The Balaban J connectivity index is 1.62. The number of hydrogen-bond acceptors (Lipinski definition) is 6. The highest BCUT2D eigenvalue weighted by molar-refractivity contribution is 9.10. The maximum atomic E-state index is 12.2. The van der Waals surface area contributed by atoms with Crippen molar-refractivity contribution in [2.24, 2.45) is 5.10 Å². The van der Waals surface area contributed by atoms with E-state index in [-0.39, 0.29) is 11.4 Å². The van der Waals surface area contributed by atoms with E-state index in [0.717, 1.165) is 10.0 Å². The Kier molecular flexibility index (Phi) is 6.35. The van der Waals surface area contributed by atoms with Crippen LogP contribution in [0.3, 0.4) is 0 Å². The number of methoxy groups -OCH3 is 1. The first-order valence-corrected chi connectivity index (χ1v) is 9.19. The van der Waals surface area contributed by atoms with E-state index in [1.54, 1.807) is 42.3 Å². The van der Waals surface area contributed by atoms with Crippen LogP contribution in [0.4, 0.5) is 5.69 Å². The van der Waals surface area contributed by atoms with Gasteiger partial charge in [-0.3, -0.25) is 19.6 Å². The molecule has 0 atom stereocenters. The first kappa shape index (κ1) is 20.2. The zero-order chi connectivity index (χ0) is 20.8. The molecule has 3 aromatic rings. The van der Waals surface area contributed by atoms with Gasteiger partial charge in [0.05, 0.1) is 24.8 Å². The molecule has 10 heteroatoms. The van der Waals surface area contributed by atoms with Crippen molar-refractivity contribution < 1.29 is 14.5 Å². The Hall–Kier alpha value is -3.53. The second-order valence-corrected chi connectivity index (χ2v) is 6.82. The Labute approximate surface area is 174 Å². The van der Waals surface area contributed by atoms with Crippen LogP contribution in [0.25, 0.3) is 0 Å². The molecule has 1 heterocycles. The number of amides is 1. The van der Waals surface area contributed by atoms with E-state index in [4.69, 9.17) is 4.74 Å². The smallest absolute Gasteiger partial charge is 0.291 e. The van der Waals surface area contributed by atoms with Crippen LogP contribution in [-0.4, -0.2) is 33.9 Å². The van der Waals surface area contributed by atoms with Gasteiger partial charge in [0, 0.05) is 28.4 Å². The number of halogens is 1. The molecule has 0 radical (unpaired) electrons. The number of nitro groups is 1. The van der Waals surface area contributed by atoms with Crippen molar-refractivity contribution in [1.82, 2.24) is 15.2 Å². The summed E-state index contributed by atoms with van der Waals surface area (Å²) in [4.78, 5) is 22.5. The van der Waals surface area contributed by atoms with Gasteiger partial charge >= 0.3 is 0 Å². The van der Waals surface area contributed by atoms with E-state index >= 15 is 0 Å². The lowest BCUT2D eigenvalue weighted by Gasteiger charge is -2.04. The Morgan fingerprint density at radius 3 is 2.76 bits per heavy atom. The normalized spacial score (nSPS) is 10.8. The van der Waals surface area contributed by atoms with Crippen molar-refractivity contribution in [2.45, 2.75) is 6.54 Å². The molecule has 29 heavy (non-hydrogen) atoms. The zero-order valence-corrected chi connectivity index (χ0v) is 16.9. The van der Waals surface area contributed by atoms with Crippen molar-refractivity contribution in [2.75, 3.05) is 7.11 Å². The number of aromatic nitrogens is 2. The number of non-ortho nitro benzene ring substituents is 1. The summed E-state index contributed by atoms with van der Waals surface area (Å²) < 4.78 is 7.67. The molecule has 0 fully saturated rings. The second-order valence-electron chi connectivity index (χ2n) is 5.91. The lowest BCUT2D eigenvalue weighted by atomic mass is 10.2. The number of nitrogens with one attached hydrogen (secondary N) is 1. The molecular weight excluding hydrogens is 442 g/mol. The number of carbonyl (C=O) groups is 1. The third kappa shape index (κ3) is 5.26. The predicted molar refractivity (Wildman–Crippen MR) is 110 cm³/mol. The number of ether oxygens (including phenoxy) is 1. The van der Waals surface area contributed by atoms with E-state index in [1.165, 1.54) is 18.3 Å². The highest BCUT2D eigenvalue weighted by Gasteiger charge is 2.10. The average Bonchev–Trinajstić information content (AvgIpc) is 3.17. The predicted octanol–water partition coefficient (Wildman–Crippen LogP) is 3.37. The zero-order valence-electron chi connectivity index (χ0n) is 15.3. The minimum Gasteiger partial charge on any atom is -0.496 e. The maximum Gasteiger partial charge on any atom is 0.291 e. The quantitative estimate of drug-likeness (QED) is 0.332. The van der Waals surface area contributed by atoms with Crippen LogP contribution < -0.4 is 10.2 Å². The van der Waals surface area contributed by atoms with Crippen LogP contribution in [0, 0.1) is 10.1 Å². The summed E-state index contributed by atoms with van der Waals surface area (Å²) in [6.45, 7) is 0.379. The lowest BCUT2D eigenvalue weighted by Crippen LogP contribution is -2.18. The van der Waals surface area contributed by atoms with Crippen LogP contribution in [0.1, 0.15) is 21.6 Å². The number of carbonyl (C=O) groups excluding carboxylic acids is 1. The van der Waals surface area contributed by atoms with Gasteiger partial charge in [0.1, 0.15) is 5.75 Å². The number of rotatable bonds is 7. The van der Waals surface area contributed by atoms with Crippen molar-refractivity contribution >= 4 is 33.7 Å². The van der Waals surface area contributed by atoms with Gasteiger partial charge in [-0.2, -0.15) is 10.2 Å². The minimum atomic E-state index is -0.460. The van der Waals surface area contributed by atoms with Crippen LogP contribution in [-0.2, 0) is 6.54 Å². The molecule has 0 saturated carbocycles. The van der Waals surface area contributed by atoms with Crippen molar-refractivity contribution in [3.8, 4) is 5.75 Å². The van der Waals surface area contributed by atoms with E-state index in [2.05, 4.69) is 31.6 Å². The van der Waals surface area contributed by atoms with Crippen LogP contribution in [0.2, 0.25) is 0 Å². The first-order valence-electron chi connectivity index (χ1n) is 8.40. The number of nitro benzene ring substituents is 1. The average molecular weight is 458 g/mol. The van der Waals surface area contributed by atoms with Gasteiger partial charge in [-0.15, -0.1) is 0 Å². The van der Waals surface area contributed by atoms with Crippen molar-refractivity contribution in [3.05, 3.63) is 86.1 Å². The van der Waals surface area contributed by atoms with Crippen LogP contribution >= 0.6 is 15.9 Å². The van der Waals surface area contributed by atoms with Gasteiger partial charge in [0.25, 0.3) is 11.6 Å². The van der Waals surface area contributed by atoms with E-state index in [1.807, 2.05) is 12.1 Å². The number of nitrogens with zero attached hydrogens (tertiary/aromatic N) is 4. The monoisotopic (exact) mass is 457 g/mol. The molecule has 148 valence electrons. The molecule has 1 aromatic heterocycles. The largest absolute Gasteiger partial charge is 0.496 e. The Bertz CT molecular complexity index is 1060. The van der Waals surface area contributed by atoms with Crippen molar-refractivity contribution in [1.29, 1.82) is 0 Å². The molecule has 9 nitrogen and oxygen atoms in total. The summed E-state index contributed by atoms with van der Waals surface area (Å²) >= 11 is 3.37. The summed E-state index contributed by atoms with van der Waals surface area (Å²) in [7, 11) is 1.55. The molecule has 1 N–H and O–H groups in total. The fourth-order valence-electron chi connectivity index (χ4n) is 2.50. The molecule has 0 unspecified atom stereocenters. The highest BCUT2D eigenvalue weighted by atomic mass is 79.9. The van der Waals surface area contributed by atoms with Crippen LogP contribution in [0.5, 0.6) is 5.75 Å². The molecule has 0 spiro atoms. The molecule has 0 saturated heterocycles. The number of benzene rings is 2. The van der Waals surface area contributed by atoms with Gasteiger partial charge in [-0.1, -0.05) is 28.1 Å². The Morgan fingerprint density at radius 1 is 1.31 bits per heavy atom. The fourth-order valence-corrected chi connectivity index (χ4v) is 2.88. The maximum absolute atomic E-state index is 12.2. The third-order valence-corrected chi connectivity index (χ3v) is 4.42. The topological polar surface area (TPSA) is 112 Å². The lowest BCUT2D eigenvalue weighted by molar-refractivity contribution is -0.384. The molecule has 0 aliphatic heterocycles. The summed E-state index contributed by atoms with van der Waals surface area (Å²) in [6, 6.07) is 13.2. The summed E-state index contributed by atoms with van der Waals surface area (Å²) in [5.74, 6) is 0.163. The standard InChI is InChI=1S/C19H16BrN5O4/c1-29-18-7-4-15(20)10-14(18)11-21-22-19(26)17-8-9-24(23-17)12-13-2-5-16(6-3-13)25(27)28/h2-11H,12H2,1H3,(H,22,26)/b21-11+. The molecule has 0 aliphatic carbocycles. The highest BCUT2D eigenvalue weighted by Crippen LogP contribution is 2.21. The Morgan fingerprint density at radius 2 is 2.07 bits per heavy atom. The fraction of sp³-hybridized carbons (Fsp3) is 0.105. The van der Waals surface area contributed by atoms with E-state index in [9.17, 15) is 14.9 Å². The van der Waals surface area contributed by atoms with Crippen molar-refractivity contribution in [3.63, 3.8) is 0 Å². The van der Waals surface area contributed by atoms with E-state index in [0.29, 0.717) is 17.9 Å².